The summed E-state index contributed by atoms with van der Waals surface area (Å²) in [6.07, 6.45) is 1.71. The number of benzene rings is 2. The standard InChI is InChI=1S/C25H22O5/c1-4-14-6-8-19-16(10-14)23(26)18(12-28-19)21-13(3)29-24-17-11-15(5-2)7-9-20(17)30-25(27)22(21)24/h6-11,26H,4-5,12H2,1-3H3. The van der Waals surface area contributed by atoms with E-state index in [4.69, 9.17) is 13.6 Å². The van der Waals surface area contributed by atoms with Gasteiger partial charge in [-0.25, -0.2) is 4.79 Å². The molecule has 0 radical (unpaired) electrons. The van der Waals surface area contributed by atoms with Gasteiger partial charge >= 0.3 is 5.63 Å². The largest absolute Gasteiger partial charge is 0.507 e. The molecule has 1 N–H and O–H groups in total. The Bertz CT molecular complexity index is 1400. The molecule has 2 aromatic carbocycles. The molecule has 1 aliphatic rings. The van der Waals surface area contributed by atoms with E-state index in [1.54, 1.807) is 13.0 Å². The zero-order valence-electron chi connectivity index (χ0n) is 17.2. The van der Waals surface area contributed by atoms with Crippen molar-refractivity contribution >= 4 is 33.3 Å². The van der Waals surface area contributed by atoms with Crippen LogP contribution < -0.4 is 10.4 Å². The summed E-state index contributed by atoms with van der Waals surface area (Å²) >= 11 is 0. The van der Waals surface area contributed by atoms with Crippen LogP contribution in [0.2, 0.25) is 0 Å². The van der Waals surface area contributed by atoms with Gasteiger partial charge in [-0.3, -0.25) is 0 Å². The van der Waals surface area contributed by atoms with Crippen LogP contribution in [0.1, 0.15) is 41.9 Å². The normalized spacial score (nSPS) is 13.7. The molecule has 4 aromatic rings. The van der Waals surface area contributed by atoms with Crippen molar-refractivity contribution in [3.05, 3.63) is 74.8 Å². The van der Waals surface area contributed by atoms with E-state index in [-0.39, 0.29) is 12.4 Å². The quantitative estimate of drug-likeness (QED) is 0.439. The predicted molar refractivity (Wildman–Crippen MR) is 117 cm³/mol. The fourth-order valence-corrected chi connectivity index (χ4v) is 4.19. The third-order valence-corrected chi connectivity index (χ3v) is 5.85. The number of hydrogen-bond acceptors (Lipinski definition) is 5. The third kappa shape index (κ3) is 2.65. The molecule has 5 heteroatoms. The van der Waals surface area contributed by atoms with Crippen molar-refractivity contribution in [2.45, 2.75) is 33.6 Å². The van der Waals surface area contributed by atoms with Gasteiger partial charge in [0.1, 0.15) is 34.8 Å². The Morgan fingerprint density at radius 2 is 1.73 bits per heavy atom. The fraction of sp³-hybridized carbons (Fsp3) is 0.240. The maximum Gasteiger partial charge on any atom is 0.348 e. The zero-order chi connectivity index (χ0) is 21.0. The Balaban J connectivity index is 1.82. The average Bonchev–Trinajstić information content (AvgIpc) is 3.11. The molecule has 0 atom stereocenters. The molecule has 0 fully saturated rings. The molecule has 5 nitrogen and oxygen atoms in total. The molecule has 30 heavy (non-hydrogen) atoms. The number of hydrogen-bond donors (Lipinski definition) is 1. The number of aryl methyl sites for hydroxylation is 3. The van der Waals surface area contributed by atoms with E-state index in [2.05, 4.69) is 13.8 Å². The van der Waals surface area contributed by atoms with Crippen molar-refractivity contribution in [1.29, 1.82) is 0 Å². The number of furan rings is 1. The second-order valence-electron chi connectivity index (χ2n) is 7.61. The molecule has 3 heterocycles. The fourth-order valence-electron chi connectivity index (χ4n) is 4.19. The van der Waals surface area contributed by atoms with E-state index in [1.165, 1.54) is 0 Å². The van der Waals surface area contributed by atoms with Gasteiger partial charge in [0.05, 0.1) is 10.9 Å². The Morgan fingerprint density at radius 1 is 1.00 bits per heavy atom. The van der Waals surface area contributed by atoms with Crippen molar-refractivity contribution in [3.8, 4) is 5.75 Å². The lowest BCUT2D eigenvalue weighted by Gasteiger charge is -2.21. The highest BCUT2D eigenvalue weighted by molar-refractivity contribution is 6.08. The first-order valence-electron chi connectivity index (χ1n) is 10.2. The van der Waals surface area contributed by atoms with Crippen LogP contribution >= 0.6 is 0 Å². The molecule has 0 unspecified atom stereocenters. The van der Waals surface area contributed by atoms with Gasteiger partial charge in [0.2, 0.25) is 0 Å². The van der Waals surface area contributed by atoms with Gasteiger partial charge in [-0.05, 0) is 55.2 Å². The van der Waals surface area contributed by atoms with Gasteiger partial charge in [0.15, 0.2) is 5.58 Å². The summed E-state index contributed by atoms with van der Waals surface area (Å²) < 4.78 is 17.6. The summed E-state index contributed by atoms with van der Waals surface area (Å²) in [5.41, 5.74) is 4.41. The van der Waals surface area contributed by atoms with Crippen LogP contribution in [0.3, 0.4) is 0 Å². The topological polar surface area (TPSA) is 72.8 Å². The predicted octanol–water partition coefficient (Wildman–Crippen LogP) is 5.79. The van der Waals surface area contributed by atoms with Crippen molar-refractivity contribution in [1.82, 2.24) is 0 Å². The Kier molecular flexibility index (Phi) is 4.21. The van der Waals surface area contributed by atoms with Crippen LogP contribution in [0.25, 0.3) is 33.3 Å². The van der Waals surface area contributed by atoms with Crippen LogP contribution in [-0.4, -0.2) is 11.7 Å². The Labute approximate surface area is 173 Å². The molecule has 2 aromatic heterocycles. The zero-order valence-corrected chi connectivity index (χ0v) is 17.2. The molecule has 0 spiro atoms. The minimum atomic E-state index is -0.484. The summed E-state index contributed by atoms with van der Waals surface area (Å²) in [5.74, 6) is 1.29. The smallest absolute Gasteiger partial charge is 0.348 e. The molecule has 1 aliphatic heterocycles. The Morgan fingerprint density at radius 3 is 2.50 bits per heavy atom. The highest BCUT2D eigenvalue weighted by atomic mass is 16.5. The Hall–Kier alpha value is -3.47. The number of aliphatic hydroxyl groups excluding tert-OH is 1. The molecular formula is C25H22O5. The van der Waals surface area contributed by atoms with Gasteiger partial charge in [-0.15, -0.1) is 0 Å². The van der Waals surface area contributed by atoms with Crippen molar-refractivity contribution < 1.29 is 18.7 Å². The van der Waals surface area contributed by atoms with Crippen LogP contribution in [0.5, 0.6) is 5.75 Å². The summed E-state index contributed by atoms with van der Waals surface area (Å²) in [6, 6.07) is 11.5. The van der Waals surface area contributed by atoms with E-state index in [0.29, 0.717) is 44.8 Å². The second kappa shape index (κ2) is 6.80. The summed E-state index contributed by atoms with van der Waals surface area (Å²) in [4.78, 5) is 12.9. The SMILES string of the molecule is CCc1ccc2c(c1)C(O)=C(c1c(C)oc3c1c(=O)oc1ccc(CC)cc13)CO2. The third-order valence-electron chi connectivity index (χ3n) is 5.85. The highest BCUT2D eigenvalue weighted by Gasteiger charge is 2.28. The maximum absolute atomic E-state index is 12.9. The molecule has 0 bridgehead atoms. The van der Waals surface area contributed by atoms with Gasteiger partial charge in [0, 0.05) is 11.1 Å². The van der Waals surface area contributed by atoms with Gasteiger partial charge in [0.25, 0.3) is 0 Å². The van der Waals surface area contributed by atoms with Gasteiger partial charge < -0.3 is 18.7 Å². The lowest BCUT2D eigenvalue weighted by molar-refractivity contribution is 0.353. The monoisotopic (exact) mass is 402 g/mol. The van der Waals surface area contributed by atoms with Gasteiger partial charge in [-0.1, -0.05) is 26.0 Å². The molecule has 152 valence electrons. The number of fused-ring (bicyclic) bond motifs is 4. The minimum Gasteiger partial charge on any atom is -0.507 e. The van der Waals surface area contributed by atoms with Crippen molar-refractivity contribution in [2.24, 2.45) is 0 Å². The van der Waals surface area contributed by atoms with Gasteiger partial charge in [-0.2, -0.15) is 0 Å². The van der Waals surface area contributed by atoms with Crippen LogP contribution in [-0.2, 0) is 12.8 Å². The van der Waals surface area contributed by atoms with E-state index in [9.17, 15) is 9.90 Å². The lowest BCUT2D eigenvalue weighted by atomic mass is 9.95. The molecule has 5 rings (SSSR count). The van der Waals surface area contributed by atoms with E-state index in [1.807, 2.05) is 30.3 Å². The van der Waals surface area contributed by atoms with Crippen molar-refractivity contribution in [2.75, 3.05) is 6.61 Å². The number of ether oxygens (including phenoxy) is 1. The molecule has 0 saturated heterocycles. The second-order valence-corrected chi connectivity index (χ2v) is 7.61. The summed E-state index contributed by atoms with van der Waals surface area (Å²) in [6.45, 7) is 6.07. The number of aliphatic hydroxyl groups is 1. The number of rotatable bonds is 3. The first-order chi connectivity index (χ1) is 14.5. The highest BCUT2D eigenvalue weighted by Crippen LogP contribution is 2.41. The maximum atomic E-state index is 12.9. The van der Waals surface area contributed by atoms with Crippen molar-refractivity contribution in [3.63, 3.8) is 0 Å². The average molecular weight is 402 g/mol. The first kappa shape index (κ1) is 18.6. The molecular weight excluding hydrogens is 380 g/mol. The van der Waals surface area contributed by atoms with E-state index < -0.39 is 5.63 Å². The molecule has 0 amide bonds. The molecule has 0 saturated carbocycles. The van der Waals surface area contributed by atoms with Crippen LogP contribution in [0.4, 0.5) is 0 Å². The van der Waals surface area contributed by atoms with E-state index in [0.717, 1.165) is 29.4 Å². The van der Waals surface area contributed by atoms with Crippen LogP contribution in [0, 0.1) is 6.92 Å². The first-order valence-corrected chi connectivity index (χ1v) is 10.2. The minimum absolute atomic E-state index is 0.110. The summed E-state index contributed by atoms with van der Waals surface area (Å²) in [5, 5.41) is 12.2. The lowest BCUT2D eigenvalue weighted by Crippen LogP contribution is -2.13. The summed E-state index contributed by atoms with van der Waals surface area (Å²) in [7, 11) is 0. The van der Waals surface area contributed by atoms with Crippen LogP contribution in [0.15, 0.2) is 50.0 Å². The molecule has 0 aliphatic carbocycles. The van der Waals surface area contributed by atoms with E-state index >= 15 is 0 Å².